The first-order valence-electron chi connectivity index (χ1n) is 4.65. The van der Waals surface area contributed by atoms with Gasteiger partial charge in [0.1, 0.15) is 0 Å². The molecule has 0 radical (unpaired) electrons. The Hall–Kier alpha value is -0.430. The number of nitrogens with one attached hydrogen (secondary N) is 1. The van der Waals surface area contributed by atoms with Crippen LogP contribution < -0.4 is 5.32 Å². The normalized spacial score (nSPS) is 17.9. The Morgan fingerprint density at radius 1 is 1.50 bits per heavy atom. The highest BCUT2D eigenvalue weighted by atomic mass is 127. The molecule has 1 heterocycles. The molecule has 1 aromatic heterocycles. The maximum Gasteiger partial charge on any atom is 0.222 e. The van der Waals surface area contributed by atoms with Gasteiger partial charge in [-0.2, -0.15) is 0 Å². The third-order valence-corrected chi connectivity index (χ3v) is 2.81. The third-order valence-electron chi connectivity index (χ3n) is 2.26. The van der Waals surface area contributed by atoms with E-state index >= 15 is 0 Å². The van der Waals surface area contributed by atoms with E-state index in [9.17, 15) is 5.11 Å². The van der Waals surface area contributed by atoms with Gasteiger partial charge in [-0.3, -0.25) is 0 Å². The number of rotatable bonds is 4. The molecule has 0 saturated heterocycles. The molecule has 1 unspecified atom stereocenters. The summed E-state index contributed by atoms with van der Waals surface area (Å²) in [6.45, 7) is 0.547. The van der Waals surface area contributed by atoms with Crippen molar-refractivity contribution in [3.8, 4) is 0 Å². The second-order valence-corrected chi connectivity index (χ2v) is 4.76. The van der Waals surface area contributed by atoms with E-state index in [1.165, 1.54) is 0 Å². The van der Waals surface area contributed by atoms with Crippen LogP contribution in [0.15, 0.2) is 12.4 Å². The molecule has 2 N–H and O–H groups in total. The lowest BCUT2D eigenvalue weighted by Crippen LogP contribution is -2.22. The molecule has 5 heteroatoms. The van der Waals surface area contributed by atoms with Crippen molar-refractivity contribution in [2.75, 3.05) is 11.9 Å². The van der Waals surface area contributed by atoms with Crippen LogP contribution in [0.4, 0.5) is 5.95 Å². The number of anilines is 1. The van der Waals surface area contributed by atoms with Crippen LogP contribution in [0, 0.1) is 9.49 Å². The van der Waals surface area contributed by atoms with Crippen LogP contribution in [0.2, 0.25) is 0 Å². The molecule has 0 aromatic carbocycles. The Labute approximate surface area is 96.3 Å². The summed E-state index contributed by atoms with van der Waals surface area (Å²) in [4.78, 5) is 8.18. The predicted octanol–water partition coefficient (Wildman–Crippen LogP) is 1.26. The minimum atomic E-state index is -0.252. The SMILES string of the molecule is OC(CNc1ncc(I)cn1)C1CC1. The molecule has 1 aromatic rings. The minimum Gasteiger partial charge on any atom is -0.391 e. The molecular weight excluding hydrogens is 293 g/mol. The molecule has 0 amide bonds. The van der Waals surface area contributed by atoms with Gasteiger partial charge < -0.3 is 10.4 Å². The molecule has 1 aliphatic rings. The van der Waals surface area contributed by atoms with E-state index < -0.39 is 0 Å². The lowest BCUT2D eigenvalue weighted by Gasteiger charge is -2.09. The Morgan fingerprint density at radius 2 is 2.14 bits per heavy atom. The summed E-state index contributed by atoms with van der Waals surface area (Å²) in [7, 11) is 0. The molecule has 2 rings (SSSR count). The smallest absolute Gasteiger partial charge is 0.222 e. The lowest BCUT2D eigenvalue weighted by atomic mass is 10.2. The topological polar surface area (TPSA) is 58.0 Å². The molecular formula is C9H12IN3O. The number of aliphatic hydroxyl groups excluding tert-OH is 1. The summed E-state index contributed by atoms with van der Waals surface area (Å²) < 4.78 is 1.01. The second kappa shape index (κ2) is 4.39. The van der Waals surface area contributed by atoms with Crippen molar-refractivity contribution in [1.29, 1.82) is 0 Å². The molecule has 1 atom stereocenters. The van der Waals surface area contributed by atoms with E-state index in [4.69, 9.17) is 0 Å². The van der Waals surface area contributed by atoms with Gasteiger partial charge in [-0.1, -0.05) is 0 Å². The second-order valence-electron chi connectivity index (χ2n) is 3.51. The zero-order chi connectivity index (χ0) is 9.97. The fraction of sp³-hybridized carbons (Fsp3) is 0.556. The Balaban J connectivity index is 1.82. The monoisotopic (exact) mass is 305 g/mol. The lowest BCUT2D eigenvalue weighted by molar-refractivity contribution is 0.164. The molecule has 4 nitrogen and oxygen atoms in total. The van der Waals surface area contributed by atoms with E-state index in [0.717, 1.165) is 16.4 Å². The molecule has 0 bridgehead atoms. The van der Waals surface area contributed by atoms with E-state index in [0.29, 0.717) is 18.4 Å². The number of nitrogens with zero attached hydrogens (tertiary/aromatic N) is 2. The largest absolute Gasteiger partial charge is 0.391 e. The van der Waals surface area contributed by atoms with Gasteiger partial charge >= 0.3 is 0 Å². The Morgan fingerprint density at radius 3 is 2.71 bits per heavy atom. The van der Waals surface area contributed by atoms with Crippen molar-refractivity contribution in [3.63, 3.8) is 0 Å². The number of hydrogen-bond acceptors (Lipinski definition) is 4. The van der Waals surface area contributed by atoms with E-state index in [2.05, 4.69) is 37.9 Å². The summed E-state index contributed by atoms with van der Waals surface area (Å²) >= 11 is 2.16. The predicted molar refractivity (Wildman–Crippen MR) is 62.0 cm³/mol. The van der Waals surface area contributed by atoms with Crippen molar-refractivity contribution in [3.05, 3.63) is 16.0 Å². The fourth-order valence-corrected chi connectivity index (χ4v) is 1.53. The molecule has 1 fully saturated rings. The van der Waals surface area contributed by atoms with Crippen LogP contribution in [0.3, 0.4) is 0 Å². The number of halogens is 1. The zero-order valence-corrected chi connectivity index (χ0v) is 9.81. The highest BCUT2D eigenvalue weighted by molar-refractivity contribution is 14.1. The number of aliphatic hydroxyl groups is 1. The van der Waals surface area contributed by atoms with E-state index in [1.54, 1.807) is 12.4 Å². The first-order valence-corrected chi connectivity index (χ1v) is 5.73. The molecule has 14 heavy (non-hydrogen) atoms. The Kier molecular flexibility index (Phi) is 3.17. The van der Waals surface area contributed by atoms with Crippen molar-refractivity contribution < 1.29 is 5.11 Å². The summed E-state index contributed by atoms with van der Waals surface area (Å²) in [5, 5.41) is 12.6. The van der Waals surface area contributed by atoms with Gasteiger partial charge in [-0.05, 0) is 41.4 Å². The highest BCUT2D eigenvalue weighted by Crippen LogP contribution is 2.32. The van der Waals surface area contributed by atoms with Crippen LogP contribution in [0.5, 0.6) is 0 Å². The van der Waals surface area contributed by atoms with Gasteiger partial charge in [0.2, 0.25) is 5.95 Å². The quantitative estimate of drug-likeness (QED) is 0.823. The Bertz CT molecular complexity index is 299. The number of hydrogen-bond donors (Lipinski definition) is 2. The van der Waals surface area contributed by atoms with Gasteiger partial charge in [0.25, 0.3) is 0 Å². The standard InChI is InChI=1S/C9H12IN3O/c10-7-3-11-9(12-4-7)13-5-8(14)6-1-2-6/h3-4,6,8,14H,1-2,5H2,(H,11,12,13). The van der Waals surface area contributed by atoms with E-state index in [1.807, 2.05) is 0 Å². The van der Waals surface area contributed by atoms with Gasteiger partial charge in [-0.25, -0.2) is 9.97 Å². The van der Waals surface area contributed by atoms with Gasteiger partial charge in [0.15, 0.2) is 0 Å². The van der Waals surface area contributed by atoms with Crippen molar-refractivity contribution in [1.82, 2.24) is 9.97 Å². The molecule has 76 valence electrons. The maximum atomic E-state index is 9.59. The highest BCUT2D eigenvalue weighted by Gasteiger charge is 2.29. The average molecular weight is 305 g/mol. The zero-order valence-electron chi connectivity index (χ0n) is 7.65. The third kappa shape index (κ3) is 2.78. The van der Waals surface area contributed by atoms with Crippen molar-refractivity contribution in [2.24, 2.45) is 5.92 Å². The minimum absolute atomic E-state index is 0.252. The van der Waals surface area contributed by atoms with Crippen LogP contribution in [-0.4, -0.2) is 27.7 Å². The van der Waals surface area contributed by atoms with Gasteiger partial charge in [0, 0.05) is 22.5 Å². The van der Waals surface area contributed by atoms with Crippen LogP contribution in [-0.2, 0) is 0 Å². The summed E-state index contributed by atoms with van der Waals surface area (Å²) in [6.07, 6.45) is 5.55. The van der Waals surface area contributed by atoms with Crippen LogP contribution in [0.1, 0.15) is 12.8 Å². The molecule has 0 aliphatic heterocycles. The average Bonchev–Trinajstić information content (AvgIpc) is 3.00. The van der Waals surface area contributed by atoms with Crippen LogP contribution in [0.25, 0.3) is 0 Å². The molecule has 1 aliphatic carbocycles. The van der Waals surface area contributed by atoms with Crippen LogP contribution >= 0.6 is 22.6 Å². The molecule has 0 spiro atoms. The summed E-state index contributed by atoms with van der Waals surface area (Å²) in [6, 6.07) is 0. The first-order chi connectivity index (χ1) is 6.75. The van der Waals surface area contributed by atoms with Crippen molar-refractivity contribution >= 4 is 28.5 Å². The van der Waals surface area contributed by atoms with Gasteiger partial charge in [-0.15, -0.1) is 0 Å². The van der Waals surface area contributed by atoms with E-state index in [-0.39, 0.29) is 6.10 Å². The maximum absolute atomic E-state index is 9.59. The van der Waals surface area contributed by atoms with Crippen molar-refractivity contribution in [2.45, 2.75) is 18.9 Å². The summed E-state index contributed by atoms with van der Waals surface area (Å²) in [5.41, 5.74) is 0. The fourth-order valence-electron chi connectivity index (χ4n) is 1.25. The molecule has 1 saturated carbocycles. The first kappa shape index (κ1) is 10.1. The number of aromatic nitrogens is 2. The van der Waals surface area contributed by atoms with Gasteiger partial charge in [0.05, 0.1) is 6.10 Å². The summed E-state index contributed by atoms with van der Waals surface area (Å²) in [5.74, 6) is 1.08.